The highest BCUT2D eigenvalue weighted by atomic mass is 32.1. The first-order valence-electron chi connectivity index (χ1n) is 8.17. The summed E-state index contributed by atoms with van der Waals surface area (Å²) in [6, 6.07) is 17.6. The third-order valence-electron chi connectivity index (χ3n) is 3.87. The topological polar surface area (TPSA) is 48.8 Å². The molecule has 7 heteroatoms. The Hall–Kier alpha value is -1.89. The molecule has 0 aliphatic rings. The summed E-state index contributed by atoms with van der Waals surface area (Å²) in [5.41, 5.74) is 8.33. The molecule has 0 fully saturated rings. The Morgan fingerprint density at radius 2 is 1.38 bits per heavy atom. The Kier molecular flexibility index (Phi) is 5.53. The van der Waals surface area contributed by atoms with E-state index in [0.717, 1.165) is 12.8 Å². The standard InChI is InChI=1S/C19H15N3S4/c20-22-21-11-1-3-13-5-6-16(24-13)17-9-10-19(26-17)18-8-7-15(25-18)14-4-2-12-23-14/h2,4-10,12H,1,3,11H2. The highest BCUT2D eigenvalue weighted by Gasteiger charge is 2.10. The molecule has 0 atom stereocenters. The van der Waals surface area contributed by atoms with Gasteiger partial charge in [0.05, 0.1) is 0 Å². The molecular weight excluding hydrogens is 398 g/mol. The molecule has 0 bridgehead atoms. The smallest absolute Gasteiger partial charge is 0.0449 e. The quantitative estimate of drug-likeness (QED) is 0.127. The molecule has 0 unspecified atom stereocenters. The summed E-state index contributed by atoms with van der Waals surface area (Å²) in [6.45, 7) is 0.567. The zero-order chi connectivity index (χ0) is 17.8. The average Bonchev–Trinajstić information content (AvgIpc) is 3.44. The highest BCUT2D eigenvalue weighted by Crippen LogP contribution is 2.42. The van der Waals surface area contributed by atoms with Crippen LogP contribution in [0.5, 0.6) is 0 Å². The Labute approximate surface area is 167 Å². The minimum Gasteiger partial charge on any atom is -0.143 e. The third kappa shape index (κ3) is 3.92. The van der Waals surface area contributed by atoms with Gasteiger partial charge in [-0.05, 0) is 66.2 Å². The third-order valence-corrected chi connectivity index (χ3v) is 8.64. The first-order chi connectivity index (χ1) is 12.8. The van der Waals surface area contributed by atoms with Gasteiger partial charge in [0, 0.05) is 45.6 Å². The highest BCUT2D eigenvalue weighted by molar-refractivity contribution is 7.28. The second kappa shape index (κ2) is 8.20. The van der Waals surface area contributed by atoms with Gasteiger partial charge in [-0.1, -0.05) is 11.2 Å². The molecule has 4 rings (SSSR count). The van der Waals surface area contributed by atoms with Crippen molar-refractivity contribution in [3.05, 3.63) is 69.2 Å². The molecule has 130 valence electrons. The summed E-state index contributed by atoms with van der Waals surface area (Å²) in [5, 5.41) is 5.72. The molecule has 0 amide bonds. The first kappa shape index (κ1) is 17.5. The van der Waals surface area contributed by atoms with Crippen molar-refractivity contribution in [3.8, 4) is 29.3 Å². The monoisotopic (exact) mass is 413 g/mol. The second-order valence-corrected chi connectivity index (χ2v) is 9.91. The number of thiophene rings is 4. The number of nitrogens with zero attached hydrogens (tertiary/aromatic N) is 3. The van der Waals surface area contributed by atoms with Gasteiger partial charge in [0.15, 0.2) is 0 Å². The molecule has 0 saturated carbocycles. The number of rotatable bonds is 7. The molecule has 0 saturated heterocycles. The van der Waals surface area contributed by atoms with Crippen LogP contribution in [0.25, 0.3) is 39.7 Å². The van der Waals surface area contributed by atoms with Crippen LogP contribution in [0, 0.1) is 0 Å². The maximum Gasteiger partial charge on any atom is 0.0449 e. The largest absolute Gasteiger partial charge is 0.143 e. The van der Waals surface area contributed by atoms with Crippen molar-refractivity contribution in [1.82, 2.24) is 0 Å². The molecule has 4 aromatic heterocycles. The van der Waals surface area contributed by atoms with E-state index in [4.69, 9.17) is 5.53 Å². The number of hydrogen-bond donors (Lipinski definition) is 0. The maximum atomic E-state index is 8.33. The van der Waals surface area contributed by atoms with Crippen molar-refractivity contribution >= 4 is 45.3 Å². The molecule has 0 spiro atoms. The van der Waals surface area contributed by atoms with Crippen molar-refractivity contribution in [3.63, 3.8) is 0 Å². The molecule has 4 aromatic rings. The molecule has 4 heterocycles. The lowest BCUT2D eigenvalue weighted by molar-refractivity contribution is 0.837. The lowest BCUT2D eigenvalue weighted by Gasteiger charge is -1.93. The van der Waals surface area contributed by atoms with E-state index in [1.165, 1.54) is 34.1 Å². The maximum absolute atomic E-state index is 8.33. The number of hydrogen-bond acceptors (Lipinski definition) is 5. The Bertz CT molecular complexity index is 1030. The fraction of sp³-hybridized carbons (Fsp3) is 0.158. The van der Waals surface area contributed by atoms with Gasteiger partial charge in [0.2, 0.25) is 0 Å². The van der Waals surface area contributed by atoms with E-state index in [1.807, 2.05) is 34.0 Å². The number of aryl methyl sites for hydroxylation is 1. The molecule has 0 aromatic carbocycles. The zero-order valence-electron chi connectivity index (χ0n) is 13.8. The number of azide groups is 1. The molecule has 0 radical (unpaired) electrons. The van der Waals surface area contributed by atoms with Crippen LogP contribution in [-0.4, -0.2) is 6.54 Å². The van der Waals surface area contributed by atoms with Crippen LogP contribution in [-0.2, 0) is 6.42 Å². The van der Waals surface area contributed by atoms with E-state index in [1.54, 1.807) is 11.3 Å². The fourth-order valence-corrected chi connectivity index (χ4v) is 6.71. The minimum absolute atomic E-state index is 0.567. The van der Waals surface area contributed by atoms with Crippen LogP contribution in [0.3, 0.4) is 0 Å². The van der Waals surface area contributed by atoms with Crippen molar-refractivity contribution in [2.75, 3.05) is 6.54 Å². The molecule has 0 aliphatic heterocycles. The normalized spacial score (nSPS) is 10.8. The predicted octanol–water partition coefficient (Wildman–Crippen LogP) is 8.18. The van der Waals surface area contributed by atoms with E-state index in [2.05, 4.69) is 63.9 Å². The van der Waals surface area contributed by atoms with Gasteiger partial charge >= 0.3 is 0 Å². The van der Waals surface area contributed by atoms with Crippen LogP contribution < -0.4 is 0 Å². The average molecular weight is 414 g/mol. The SMILES string of the molecule is [N-]=[N+]=NCCCc1ccc(-c2ccc(-c3ccc(-c4cccs4)s3)s2)s1. The van der Waals surface area contributed by atoms with Gasteiger partial charge in [-0.25, -0.2) is 0 Å². The predicted molar refractivity (Wildman–Crippen MR) is 117 cm³/mol. The van der Waals surface area contributed by atoms with E-state index in [-0.39, 0.29) is 0 Å². The van der Waals surface area contributed by atoms with Crippen LogP contribution in [0.1, 0.15) is 11.3 Å². The molecule has 3 nitrogen and oxygen atoms in total. The van der Waals surface area contributed by atoms with Gasteiger partial charge in [0.1, 0.15) is 0 Å². The second-order valence-electron chi connectivity index (χ2n) is 5.63. The summed E-state index contributed by atoms with van der Waals surface area (Å²) < 4.78 is 0. The lowest BCUT2D eigenvalue weighted by Crippen LogP contribution is -1.82. The van der Waals surface area contributed by atoms with Gasteiger partial charge in [-0.15, -0.1) is 45.3 Å². The summed E-state index contributed by atoms with van der Waals surface area (Å²) >= 11 is 7.33. The lowest BCUT2D eigenvalue weighted by atomic mass is 10.2. The Morgan fingerprint density at radius 3 is 2.00 bits per heavy atom. The van der Waals surface area contributed by atoms with E-state index < -0.39 is 0 Å². The molecule has 0 N–H and O–H groups in total. The van der Waals surface area contributed by atoms with E-state index >= 15 is 0 Å². The van der Waals surface area contributed by atoms with Gasteiger partial charge < -0.3 is 0 Å². The summed E-state index contributed by atoms with van der Waals surface area (Å²) in [5.74, 6) is 0. The van der Waals surface area contributed by atoms with Gasteiger partial charge in [-0.3, -0.25) is 0 Å². The van der Waals surface area contributed by atoms with Crippen LogP contribution in [0.4, 0.5) is 0 Å². The summed E-state index contributed by atoms with van der Waals surface area (Å²) in [4.78, 5) is 12.1. The van der Waals surface area contributed by atoms with Crippen molar-refractivity contribution in [2.45, 2.75) is 12.8 Å². The van der Waals surface area contributed by atoms with Crippen molar-refractivity contribution in [1.29, 1.82) is 0 Å². The van der Waals surface area contributed by atoms with Crippen LogP contribution >= 0.6 is 45.3 Å². The van der Waals surface area contributed by atoms with Gasteiger partial charge in [-0.2, -0.15) is 0 Å². The Morgan fingerprint density at radius 1 is 0.769 bits per heavy atom. The summed E-state index contributed by atoms with van der Waals surface area (Å²) in [6.07, 6.45) is 1.87. The molecule has 26 heavy (non-hydrogen) atoms. The van der Waals surface area contributed by atoms with E-state index in [9.17, 15) is 0 Å². The molecule has 0 aliphatic carbocycles. The van der Waals surface area contributed by atoms with Crippen molar-refractivity contribution < 1.29 is 0 Å². The fourth-order valence-electron chi connectivity index (χ4n) is 2.64. The van der Waals surface area contributed by atoms with Gasteiger partial charge in [0.25, 0.3) is 0 Å². The van der Waals surface area contributed by atoms with Crippen LogP contribution in [0.2, 0.25) is 0 Å². The first-order valence-corrected chi connectivity index (χ1v) is 11.5. The van der Waals surface area contributed by atoms with Crippen molar-refractivity contribution in [2.24, 2.45) is 5.11 Å². The van der Waals surface area contributed by atoms with E-state index in [0.29, 0.717) is 6.54 Å². The minimum atomic E-state index is 0.567. The summed E-state index contributed by atoms with van der Waals surface area (Å²) in [7, 11) is 0. The zero-order valence-corrected chi connectivity index (χ0v) is 17.1. The molecular formula is C19H15N3S4. The Balaban J connectivity index is 1.48. The van der Waals surface area contributed by atoms with Crippen LogP contribution in [0.15, 0.2) is 59.0 Å².